The molecule has 0 aromatic rings. The summed E-state index contributed by atoms with van der Waals surface area (Å²) in [6, 6.07) is 0.319. The van der Waals surface area contributed by atoms with Crippen molar-refractivity contribution in [1.29, 1.82) is 0 Å². The Hall–Kier alpha value is -1.06. The number of rotatable bonds is 10. The number of guanidine groups is 1. The number of amides is 2. The average Bonchev–Trinajstić information content (AvgIpc) is 3.00. The Morgan fingerprint density at radius 2 is 1.83 bits per heavy atom. The molecule has 2 aliphatic rings. The van der Waals surface area contributed by atoms with E-state index in [0.717, 1.165) is 83.6 Å². The lowest BCUT2D eigenvalue weighted by Gasteiger charge is -2.27. The number of likely N-dealkylation sites (tertiary alicyclic amines) is 2. The van der Waals surface area contributed by atoms with E-state index < -0.39 is 0 Å². The van der Waals surface area contributed by atoms with E-state index in [1.165, 1.54) is 0 Å². The molecule has 2 amide bonds. The Morgan fingerprint density at radius 3 is 2.52 bits per heavy atom. The standard InChI is InChI=1S/C21H39N5O2.HI/c1-3-18(26-17-8-11-20(26)28)12-14-24-21(22-4-2)23-13-9-16-25-15-7-5-6-10-19(25)27;/h18H,3-17H2,1-2H3,(H2,22,23,24);1H. The number of hydrogen-bond acceptors (Lipinski definition) is 3. The summed E-state index contributed by atoms with van der Waals surface area (Å²) in [5.74, 6) is 1.43. The third kappa shape index (κ3) is 9.09. The molecule has 29 heavy (non-hydrogen) atoms. The zero-order valence-corrected chi connectivity index (χ0v) is 20.6. The van der Waals surface area contributed by atoms with Gasteiger partial charge in [-0.1, -0.05) is 13.3 Å². The first-order chi connectivity index (χ1) is 13.7. The van der Waals surface area contributed by atoms with Crippen molar-refractivity contribution in [2.24, 2.45) is 4.99 Å². The normalized spacial score (nSPS) is 19.0. The molecule has 2 N–H and O–H groups in total. The zero-order chi connectivity index (χ0) is 20.2. The average molecular weight is 521 g/mol. The lowest BCUT2D eigenvalue weighted by molar-refractivity contribution is -0.131. The molecule has 2 fully saturated rings. The summed E-state index contributed by atoms with van der Waals surface area (Å²) < 4.78 is 0. The largest absolute Gasteiger partial charge is 0.357 e. The maximum Gasteiger partial charge on any atom is 0.222 e. The monoisotopic (exact) mass is 521 g/mol. The molecule has 1 atom stereocenters. The van der Waals surface area contributed by atoms with E-state index >= 15 is 0 Å². The van der Waals surface area contributed by atoms with Gasteiger partial charge in [0, 0.05) is 58.2 Å². The second-order valence-corrected chi connectivity index (χ2v) is 7.77. The van der Waals surface area contributed by atoms with Crippen molar-refractivity contribution in [2.75, 3.05) is 39.3 Å². The van der Waals surface area contributed by atoms with Crippen molar-refractivity contribution in [3.05, 3.63) is 0 Å². The molecular formula is C21H40IN5O2. The summed E-state index contributed by atoms with van der Waals surface area (Å²) in [5.41, 5.74) is 0. The molecule has 2 rings (SSSR count). The van der Waals surface area contributed by atoms with Crippen molar-refractivity contribution in [1.82, 2.24) is 20.4 Å². The van der Waals surface area contributed by atoms with Crippen LogP contribution in [0.4, 0.5) is 0 Å². The maximum atomic E-state index is 12.0. The van der Waals surface area contributed by atoms with E-state index in [2.05, 4.69) is 29.5 Å². The fraction of sp³-hybridized carbons (Fsp3) is 0.857. The maximum absolute atomic E-state index is 12.0. The lowest BCUT2D eigenvalue weighted by atomic mass is 10.1. The Balaban J connectivity index is 0.00000420. The quantitative estimate of drug-likeness (QED) is 0.201. The molecule has 2 heterocycles. The minimum absolute atomic E-state index is 0. The van der Waals surface area contributed by atoms with Gasteiger partial charge in [-0.25, -0.2) is 0 Å². The Labute approximate surface area is 193 Å². The molecule has 168 valence electrons. The SMILES string of the molecule is CCNC(=NCCCN1CCCCCC1=O)NCCC(CC)N1CCCC1=O.I. The third-order valence-corrected chi connectivity index (χ3v) is 5.66. The van der Waals surface area contributed by atoms with Crippen LogP contribution in [-0.2, 0) is 9.59 Å². The number of aliphatic imine (C=N–C) groups is 1. The van der Waals surface area contributed by atoms with Gasteiger partial charge in [-0.05, 0) is 45.4 Å². The highest BCUT2D eigenvalue weighted by Crippen LogP contribution is 2.17. The van der Waals surface area contributed by atoms with E-state index in [4.69, 9.17) is 0 Å². The molecule has 2 saturated heterocycles. The number of halogens is 1. The van der Waals surface area contributed by atoms with Gasteiger partial charge in [-0.3, -0.25) is 14.6 Å². The summed E-state index contributed by atoms with van der Waals surface area (Å²) in [6.45, 7) is 9.15. The first-order valence-electron chi connectivity index (χ1n) is 11.2. The predicted octanol–water partition coefficient (Wildman–Crippen LogP) is 2.74. The second-order valence-electron chi connectivity index (χ2n) is 7.77. The second kappa shape index (κ2) is 14.8. The molecule has 7 nitrogen and oxygen atoms in total. The zero-order valence-electron chi connectivity index (χ0n) is 18.3. The summed E-state index contributed by atoms with van der Waals surface area (Å²) in [4.78, 5) is 32.7. The van der Waals surface area contributed by atoms with Crippen LogP contribution >= 0.6 is 24.0 Å². The molecule has 0 bridgehead atoms. The first-order valence-corrected chi connectivity index (χ1v) is 11.2. The van der Waals surface area contributed by atoms with Crippen molar-refractivity contribution < 1.29 is 9.59 Å². The summed E-state index contributed by atoms with van der Waals surface area (Å²) in [5, 5.41) is 6.69. The van der Waals surface area contributed by atoms with Gasteiger partial charge < -0.3 is 20.4 Å². The molecule has 0 saturated carbocycles. The molecule has 1 unspecified atom stereocenters. The van der Waals surface area contributed by atoms with Crippen LogP contribution in [0, 0.1) is 0 Å². The molecule has 0 radical (unpaired) electrons. The van der Waals surface area contributed by atoms with Crippen LogP contribution in [0.3, 0.4) is 0 Å². The van der Waals surface area contributed by atoms with Gasteiger partial charge >= 0.3 is 0 Å². The van der Waals surface area contributed by atoms with E-state index in [1.807, 2.05) is 9.80 Å². The van der Waals surface area contributed by atoms with Crippen molar-refractivity contribution in [2.45, 2.75) is 77.7 Å². The predicted molar refractivity (Wildman–Crippen MR) is 129 cm³/mol. The van der Waals surface area contributed by atoms with Gasteiger partial charge in [0.1, 0.15) is 0 Å². The molecule has 0 spiro atoms. The van der Waals surface area contributed by atoms with Gasteiger partial charge in [-0.15, -0.1) is 24.0 Å². The molecule has 2 aliphatic heterocycles. The molecule has 0 aromatic carbocycles. The van der Waals surface area contributed by atoms with E-state index in [9.17, 15) is 9.59 Å². The minimum atomic E-state index is 0. The van der Waals surface area contributed by atoms with Gasteiger partial charge in [0.05, 0.1) is 0 Å². The Morgan fingerprint density at radius 1 is 1.03 bits per heavy atom. The number of carbonyl (C=O) groups excluding carboxylic acids is 2. The minimum Gasteiger partial charge on any atom is -0.357 e. The number of hydrogen-bond donors (Lipinski definition) is 2. The summed E-state index contributed by atoms with van der Waals surface area (Å²) in [6.07, 6.45) is 8.53. The van der Waals surface area contributed by atoms with Crippen LogP contribution in [0.15, 0.2) is 4.99 Å². The molecule has 0 aromatic heterocycles. The summed E-state index contributed by atoms with van der Waals surface area (Å²) in [7, 11) is 0. The highest BCUT2D eigenvalue weighted by molar-refractivity contribution is 14.0. The van der Waals surface area contributed by atoms with Crippen LogP contribution in [0.2, 0.25) is 0 Å². The van der Waals surface area contributed by atoms with Crippen molar-refractivity contribution in [3.8, 4) is 0 Å². The van der Waals surface area contributed by atoms with Crippen LogP contribution in [0.25, 0.3) is 0 Å². The fourth-order valence-corrected chi connectivity index (χ4v) is 4.06. The Bertz CT molecular complexity index is 529. The molecular weight excluding hydrogens is 481 g/mol. The van der Waals surface area contributed by atoms with Gasteiger partial charge in [0.15, 0.2) is 5.96 Å². The lowest BCUT2D eigenvalue weighted by Crippen LogP contribution is -2.42. The number of nitrogens with zero attached hydrogens (tertiary/aromatic N) is 3. The van der Waals surface area contributed by atoms with Gasteiger partial charge in [0.25, 0.3) is 0 Å². The van der Waals surface area contributed by atoms with Crippen molar-refractivity contribution in [3.63, 3.8) is 0 Å². The summed E-state index contributed by atoms with van der Waals surface area (Å²) >= 11 is 0. The first kappa shape index (κ1) is 26.0. The van der Waals surface area contributed by atoms with E-state index in [-0.39, 0.29) is 24.0 Å². The van der Waals surface area contributed by atoms with E-state index in [1.54, 1.807) is 0 Å². The smallest absolute Gasteiger partial charge is 0.222 e. The Kier molecular flexibility index (Phi) is 13.3. The third-order valence-electron chi connectivity index (χ3n) is 5.66. The molecule has 0 aliphatic carbocycles. The number of nitrogens with one attached hydrogen (secondary N) is 2. The van der Waals surface area contributed by atoms with Gasteiger partial charge in [0.2, 0.25) is 11.8 Å². The number of carbonyl (C=O) groups is 2. The van der Waals surface area contributed by atoms with Gasteiger partial charge in [-0.2, -0.15) is 0 Å². The van der Waals surface area contributed by atoms with Crippen LogP contribution in [0.1, 0.15) is 71.6 Å². The molecule has 8 heteroatoms. The van der Waals surface area contributed by atoms with Crippen molar-refractivity contribution >= 4 is 41.8 Å². The topological polar surface area (TPSA) is 77.0 Å². The fourth-order valence-electron chi connectivity index (χ4n) is 4.06. The van der Waals surface area contributed by atoms with Crippen LogP contribution in [0.5, 0.6) is 0 Å². The highest BCUT2D eigenvalue weighted by atomic mass is 127. The van der Waals surface area contributed by atoms with E-state index in [0.29, 0.717) is 37.2 Å². The van der Waals surface area contributed by atoms with Crippen LogP contribution in [-0.4, -0.2) is 72.9 Å². The highest BCUT2D eigenvalue weighted by Gasteiger charge is 2.26. The van der Waals surface area contributed by atoms with Crippen LogP contribution < -0.4 is 10.6 Å².